The summed E-state index contributed by atoms with van der Waals surface area (Å²) in [6.07, 6.45) is 10.1. The van der Waals surface area contributed by atoms with E-state index in [1.165, 1.54) is 38.5 Å². The maximum Gasteiger partial charge on any atom is 0.0649 e. The highest BCUT2D eigenvalue weighted by atomic mass is 16.3. The Labute approximate surface area is 98.1 Å². The van der Waals surface area contributed by atoms with Gasteiger partial charge in [0.15, 0.2) is 0 Å². The molecule has 0 heterocycles. The maximum atomic E-state index is 10.7. The first-order valence-corrected chi connectivity index (χ1v) is 7.08. The van der Waals surface area contributed by atoms with Gasteiger partial charge in [0, 0.05) is 5.41 Å². The van der Waals surface area contributed by atoms with E-state index >= 15 is 0 Å². The summed E-state index contributed by atoms with van der Waals surface area (Å²) in [4.78, 5) is 0. The number of hydrogen-bond acceptors (Lipinski definition) is 2. The van der Waals surface area contributed by atoms with E-state index in [1.54, 1.807) is 0 Å². The molecule has 0 spiro atoms. The normalized spacial score (nSPS) is 46.1. The lowest BCUT2D eigenvalue weighted by Crippen LogP contribution is -2.45. The van der Waals surface area contributed by atoms with Gasteiger partial charge in [-0.05, 0) is 50.4 Å². The standard InChI is InChI=1S/C14H24O2/c15-12-8-10-6-7-14(12,9-10)13(16)11-4-2-1-3-5-11/h10-13,15-16H,1-9H2. The van der Waals surface area contributed by atoms with Crippen LogP contribution >= 0.6 is 0 Å². The van der Waals surface area contributed by atoms with Crippen LogP contribution in [0, 0.1) is 17.3 Å². The Hall–Kier alpha value is -0.0800. The van der Waals surface area contributed by atoms with Crippen molar-refractivity contribution in [2.24, 2.45) is 17.3 Å². The smallest absolute Gasteiger partial charge is 0.0649 e. The summed E-state index contributed by atoms with van der Waals surface area (Å²) in [5.41, 5.74) is -0.104. The van der Waals surface area contributed by atoms with E-state index in [0.29, 0.717) is 11.8 Å². The van der Waals surface area contributed by atoms with Crippen LogP contribution in [0.25, 0.3) is 0 Å². The van der Waals surface area contributed by atoms with E-state index in [1.807, 2.05) is 0 Å². The third kappa shape index (κ3) is 1.53. The summed E-state index contributed by atoms with van der Waals surface area (Å²) >= 11 is 0. The minimum Gasteiger partial charge on any atom is -0.392 e. The highest BCUT2D eigenvalue weighted by molar-refractivity contribution is 5.06. The Balaban J connectivity index is 1.75. The van der Waals surface area contributed by atoms with Gasteiger partial charge in [0.1, 0.15) is 0 Å². The second-order valence-electron chi connectivity index (χ2n) is 6.44. The zero-order valence-electron chi connectivity index (χ0n) is 10.1. The molecule has 0 saturated heterocycles. The van der Waals surface area contributed by atoms with Crippen LogP contribution in [0.4, 0.5) is 0 Å². The first-order chi connectivity index (χ1) is 7.72. The Morgan fingerprint density at radius 3 is 2.38 bits per heavy atom. The summed E-state index contributed by atoms with van der Waals surface area (Å²) in [6, 6.07) is 0. The fourth-order valence-electron chi connectivity index (χ4n) is 4.65. The van der Waals surface area contributed by atoms with E-state index < -0.39 is 0 Å². The third-order valence-electron chi connectivity index (χ3n) is 5.59. The second-order valence-corrected chi connectivity index (χ2v) is 6.44. The topological polar surface area (TPSA) is 40.5 Å². The average molecular weight is 224 g/mol. The van der Waals surface area contributed by atoms with Crippen LogP contribution in [0.3, 0.4) is 0 Å². The molecule has 4 atom stereocenters. The molecule has 2 N–H and O–H groups in total. The van der Waals surface area contributed by atoms with E-state index in [9.17, 15) is 10.2 Å². The highest BCUT2D eigenvalue weighted by Crippen LogP contribution is 2.58. The molecule has 2 heteroatoms. The fourth-order valence-corrected chi connectivity index (χ4v) is 4.65. The van der Waals surface area contributed by atoms with Crippen molar-refractivity contribution in [2.75, 3.05) is 0 Å². The molecule has 0 aromatic carbocycles. The van der Waals surface area contributed by atoms with Gasteiger partial charge in [0.05, 0.1) is 12.2 Å². The van der Waals surface area contributed by atoms with Crippen LogP contribution in [0.15, 0.2) is 0 Å². The summed E-state index contributed by atoms with van der Waals surface area (Å²) in [7, 11) is 0. The molecule has 92 valence electrons. The molecule has 3 aliphatic carbocycles. The lowest BCUT2D eigenvalue weighted by atomic mass is 9.69. The zero-order valence-corrected chi connectivity index (χ0v) is 10.1. The SMILES string of the molecule is OC1CC2CCC1(C(O)C1CCCCC1)C2. The lowest BCUT2D eigenvalue weighted by molar-refractivity contribution is -0.0874. The van der Waals surface area contributed by atoms with Gasteiger partial charge >= 0.3 is 0 Å². The van der Waals surface area contributed by atoms with Crippen LogP contribution in [0.1, 0.15) is 57.8 Å². The van der Waals surface area contributed by atoms with Gasteiger partial charge in [0.25, 0.3) is 0 Å². The van der Waals surface area contributed by atoms with Crippen LogP contribution < -0.4 is 0 Å². The third-order valence-corrected chi connectivity index (χ3v) is 5.59. The quantitative estimate of drug-likeness (QED) is 0.756. The van der Waals surface area contributed by atoms with E-state index in [2.05, 4.69) is 0 Å². The van der Waals surface area contributed by atoms with Crippen molar-refractivity contribution in [3.63, 3.8) is 0 Å². The molecule has 4 unspecified atom stereocenters. The van der Waals surface area contributed by atoms with E-state index in [-0.39, 0.29) is 17.6 Å². The maximum absolute atomic E-state index is 10.7. The molecular weight excluding hydrogens is 200 g/mol. The largest absolute Gasteiger partial charge is 0.392 e. The molecule has 2 nitrogen and oxygen atoms in total. The summed E-state index contributed by atoms with van der Waals surface area (Å²) in [6.45, 7) is 0. The Bertz CT molecular complexity index is 259. The molecule has 0 aromatic rings. The number of aliphatic hydroxyl groups excluding tert-OH is 2. The average Bonchev–Trinajstić information content (AvgIpc) is 2.87. The van der Waals surface area contributed by atoms with Gasteiger partial charge in [-0.3, -0.25) is 0 Å². The van der Waals surface area contributed by atoms with Gasteiger partial charge in [0.2, 0.25) is 0 Å². The molecule has 16 heavy (non-hydrogen) atoms. The van der Waals surface area contributed by atoms with E-state index in [0.717, 1.165) is 19.3 Å². The van der Waals surface area contributed by atoms with Crippen LogP contribution in [-0.2, 0) is 0 Å². The summed E-state index contributed by atoms with van der Waals surface area (Å²) < 4.78 is 0. The Morgan fingerprint density at radius 2 is 1.81 bits per heavy atom. The highest BCUT2D eigenvalue weighted by Gasteiger charge is 2.56. The second kappa shape index (κ2) is 3.99. The number of aliphatic hydroxyl groups is 2. The summed E-state index contributed by atoms with van der Waals surface area (Å²) in [5.74, 6) is 1.17. The molecule has 2 bridgehead atoms. The van der Waals surface area contributed by atoms with Gasteiger partial charge < -0.3 is 10.2 Å². The molecule has 0 aliphatic heterocycles. The van der Waals surface area contributed by atoms with Crippen LogP contribution in [-0.4, -0.2) is 22.4 Å². The van der Waals surface area contributed by atoms with Crippen molar-refractivity contribution in [2.45, 2.75) is 70.0 Å². The van der Waals surface area contributed by atoms with Crippen LogP contribution in [0.5, 0.6) is 0 Å². The number of rotatable bonds is 2. The minimum atomic E-state index is -0.227. The zero-order chi connectivity index (χ0) is 11.2. The van der Waals surface area contributed by atoms with Gasteiger partial charge in [-0.2, -0.15) is 0 Å². The van der Waals surface area contributed by atoms with Crippen molar-refractivity contribution in [1.82, 2.24) is 0 Å². The Morgan fingerprint density at radius 1 is 1.06 bits per heavy atom. The molecule has 0 aromatic heterocycles. The predicted molar refractivity (Wildman–Crippen MR) is 63.0 cm³/mol. The number of fused-ring (bicyclic) bond motifs is 2. The first kappa shape index (κ1) is 11.0. The monoisotopic (exact) mass is 224 g/mol. The molecule has 0 radical (unpaired) electrons. The summed E-state index contributed by atoms with van der Waals surface area (Å²) in [5, 5.41) is 20.9. The van der Waals surface area contributed by atoms with Crippen molar-refractivity contribution >= 4 is 0 Å². The molecule has 3 aliphatic rings. The predicted octanol–water partition coefficient (Wildman–Crippen LogP) is 2.48. The van der Waals surface area contributed by atoms with Gasteiger partial charge in [-0.25, -0.2) is 0 Å². The lowest BCUT2D eigenvalue weighted by Gasteiger charge is -2.41. The minimum absolute atomic E-state index is 0.104. The van der Waals surface area contributed by atoms with Crippen molar-refractivity contribution in [1.29, 1.82) is 0 Å². The fraction of sp³-hybridized carbons (Fsp3) is 1.00. The molecule has 3 saturated carbocycles. The van der Waals surface area contributed by atoms with Gasteiger partial charge in [-0.15, -0.1) is 0 Å². The van der Waals surface area contributed by atoms with Crippen molar-refractivity contribution in [3.8, 4) is 0 Å². The van der Waals surface area contributed by atoms with Crippen molar-refractivity contribution < 1.29 is 10.2 Å². The first-order valence-electron chi connectivity index (χ1n) is 7.08. The molecule has 3 fully saturated rings. The van der Waals surface area contributed by atoms with E-state index in [4.69, 9.17) is 0 Å². The van der Waals surface area contributed by atoms with Gasteiger partial charge in [-0.1, -0.05) is 19.3 Å². The Kier molecular flexibility index (Phi) is 2.75. The molecular formula is C14H24O2. The molecule has 3 rings (SSSR count). The van der Waals surface area contributed by atoms with Crippen molar-refractivity contribution in [3.05, 3.63) is 0 Å². The van der Waals surface area contributed by atoms with Crippen LogP contribution in [0.2, 0.25) is 0 Å². The number of hydrogen-bond donors (Lipinski definition) is 2. The molecule has 0 amide bonds.